The lowest BCUT2D eigenvalue weighted by Crippen LogP contribution is -2.47. The summed E-state index contributed by atoms with van der Waals surface area (Å²) in [5, 5.41) is 0. The molecule has 1 aromatic rings. The number of nitrogens with zero attached hydrogens (tertiary/aromatic N) is 1. The van der Waals surface area contributed by atoms with Crippen LogP contribution < -0.4 is 0 Å². The number of hydrogen-bond acceptors (Lipinski definition) is 2. The zero-order chi connectivity index (χ0) is 17.4. The molecule has 134 valence electrons. The van der Waals surface area contributed by atoms with Crippen LogP contribution in [0.15, 0.2) is 18.2 Å². The number of piperidine rings is 1. The smallest absolute Gasteiger partial charge is 0.381 e. The van der Waals surface area contributed by atoms with Gasteiger partial charge in [0.25, 0.3) is 0 Å². The maximum absolute atomic E-state index is 14.0. The van der Waals surface area contributed by atoms with Crippen molar-refractivity contribution in [3.8, 4) is 0 Å². The Morgan fingerprint density at radius 3 is 2.71 bits per heavy atom. The maximum atomic E-state index is 14.0. The Morgan fingerprint density at radius 1 is 1.25 bits per heavy atom. The number of methoxy groups -OCH3 is 1. The third-order valence-electron chi connectivity index (χ3n) is 5.56. The predicted octanol–water partition coefficient (Wildman–Crippen LogP) is 4.63. The van der Waals surface area contributed by atoms with Gasteiger partial charge in [0.15, 0.2) is 0 Å². The summed E-state index contributed by atoms with van der Waals surface area (Å²) >= 11 is 0. The molecule has 1 aromatic carbocycles. The zero-order valence-corrected chi connectivity index (χ0v) is 13.8. The van der Waals surface area contributed by atoms with Crippen LogP contribution in [0.1, 0.15) is 43.2 Å². The summed E-state index contributed by atoms with van der Waals surface area (Å²) in [7, 11) is 1.73. The van der Waals surface area contributed by atoms with E-state index in [1.807, 2.05) is 0 Å². The SMILES string of the molecule is CO[C@@H]1CCC[C@]12CCCN(Cc1cc(C(F)(F)F)ccc1F)C2. The number of ether oxygens (including phenoxy) is 1. The van der Waals surface area contributed by atoms with Crippen molar-refractivity contribution in [2.75, 3.05) is 20.2 Å². The van der Waals surface area contributed by atoms with Gasteiger partial charge in [-0.1, -0.05) is 6.42 Å². The summed E-state index contributed by atoms with van der Waals surface area (Å²) in [6, 6.07) is 2.67. The number of benzene rings is 1. The van der Waals surface area contributed by atoms with Crippen molar-refractivity contribution in [1.82, 2.24) is 4.90 Å². The van der Waals surface area contributed by atoms with E-state index in [4.69, 9.17) is 4.74 Å². The number of hydrogen-bond donors (Lipinski definition) is 0. The fourth-order valence-electron chi connectivity index (χ4n) is 4.45. The van der Waals surface area contributed by atoms with E-state index < -0.39 is 17.6 Å². The predicted molar refractivity (Wildman–Crippen MR) is 83.0 cm³/mol. The molecule has 0 radical (unpaired) electrons. The van der Waals surface area contributed by atoms with Crippen molar-refractivity contribution in [1.29, 1.82) is 0 Å². The Morgan fingerprint density at radius 2 is 2.00 bits per heavy atom. The second-order valence-electron chi connectivity index (χ2n) is 7.10. The van der Waals surface area contributed by atoms with Crippen molar-refractivity contribution >= 4 is 0 Å². The quantitative estimate of drug-likeness (QED) is 0.741. The molecule has 1 aliphatic heterocycles. The van der Waals surface area contributed by atoms with Gasteiger partial charge in [0.05, 0.1) is 11.7 Å². The summed E-state index contributed by atoms with van der Waals surface area (Å²) in [4.78, 5) is 2.08. The summed E-state index contributed by atoms with van der Waals surface area (Å²) in [6.07, 6.45) is 1.03. The van der Waals surface area contributed by atoms with Gasteiger partial charge in [0.1, 0.15) is 5.82 Å². The highest BCUT2D eigenvalue weighted by Crippen LogP contribution is 2.46. The molecule has 24 heavy (non-hydrogen) atoms. The van der Waals surface area contributed by atoms with Crippen LogP contribution >= 0.6 is 0 Å². The van der Waals surface area contributed by atoms with Crippen LogP contribution in [-0.2, 0) is 17.5 Å². The van der Waals surface area contributed by atoms with Gasteiger partial charge >= 0.3 is 6.18 Å². The van der Waals surface area contributed by atoms with Crippen LogP contribution in [-0.4, -0.2) is 31.2 Å². The summed E-state index contributed by atoms with van der Waals surface area (Å²) in [5.74, 6) is -0.572. The molecule has 0 unspecified atom stereocenters. The molecule has 1 saturated heterocycles. The Labute approximate surface area is 139 Å². The van der Waals surface area contributed by atoms with Gasteiger partial charge < -0.3 is 4.74 Å². The highest BCUT2D eigenvalue weighted by molar-refractivity contribution is 5.27. The molecule has 2 atom stereocenters. The first kappa shape index (κ1) is 17.7. The Kier molecular flexibility index (Phi) is 4.89. The molecular formula is C18H23F4NO. The standard InChI is InChI=1S/C18H23F4NO/c1-24-16-4-2-7-17(16)8-3-9-23(12-17)11-13-10-14(18(20,21)22)5-6-15(13)19/h5-6,10,16H,2-4,7-9,11-12H2,1H3/t16-,17-/m1/s1. The third-order valence-corrected chi connectivity index (χ3v) is 5.56. The van der Waals surface area contributed by atoms with Gasteiger partial charge in [-0.05, 0) is 50.4 Å². The van der Waals surface area contributed by atoms with E-state index in [9.17, 15) is 17.6 Å². The summed E-state index contributed by atoms with van der Waals surface area (Å²) < 4.78 is 58.2. The van der Waals surface area contributed by atoms with E-state index >= 15 is 0 Å². The minimum atomic E-state index is -4.45. The van der Waals surface area contributed by atoms with Gasteiger partial charge in [-0.3, -0.25) is 4.90 Å². The average molecular weight is 345 g/mol. The average Bonchev–Trinajstić information content (AvgIpc) is 2.90. The molecule has 3 rings (SSSR count). The first-order chi connectivity index (χ1) is 11.3. The van der Waals surface area contributed by atoms with Gasteiger partial charge in [-0.15, -0.1) is 0 Å². The lowest BCUT2D eigenvalue weighted by molar-refractivity contribution is -0.137. The highest BCUT2D eigenvalue weighted by atomic mass is 19.4. The molecule has 2 aliphatic rings. The van der Waals surface area contributed by atoms with E-state index in [0.29, 0.717) is 0 Å². The highest BCUT2D eigenvalue weighted by Gasteiger charge is 2.45. The van der Waals surface area contributed by atoms with E-state index in [1.165, 1.54) is 0 Å². The zero-order valence-electron chi connectivity index (χ0n) is 13.8. The molecular weight excluding hydrogens is 322 g/mol. The second kappa shape index (κ2) is 6.64. The number of rotatable bonds is 3. The number of likely N-dealkylation sites (tertiary alicyclic amines) is 1. The van der Waals surface area contributed by atoms with Crippen molar-refractivity contribution in [2.45, 2.75) is 50.9 Å². The fraction of sp³-hybridized carbons (Fsp3) is 0.667. The van der Waals surface area contributed by atoms with E-state index in [1.54, 1.807) is 7.11 Å². The number of alkyl halides is 3. The number of halogens is 4. The van der Waals surface area contributed by atoms with E-state index in [-0.39, 0.29) is 23.6 Å². The summed E-state index contributed by atoms with van der Waals surface area (Å²) in [6.45, 7) is 1.77. The van der Waals surface area contributed by atoms with E-state index in [0.717, 1.165) is 63.4 Å². The van der Waals surface area contributed by atoms with Crippen LogP contribution in [0.3, 0.4) is 0 Å². The molecule has 2 fully saturated rings. The molecule has 1 aliphatic carbocycles. The first-order valence-corrected chi connectivity index (χ1v) is 8.45. The molecule has 0 aromatic heterocycles. The fourth-order valence-corrected chi connectivity index (χ4v) is 4.45. The first-order valence-electron chi connectivity index (χ1n) is 8.45. The largest absolute Gasteiger partial charge is 0.416 e. The third kappa shape index (κ3) is 3.45. The summed E-state index contributed by atoms with van der Waals surface area (Å²) in [5.41, 5.74) is -0.597. The molecule has 0 bridgehead atoms. The lowest BCUT2D eigenvalue weighted by atomic mass is 9.76. The normalized spacial score (nSPS) is 28.6. The molecule has 1 saturated carbocycles. The monoisotopic (exact) mass is 345 g/mol. The Bertz CT molecular complexity index is 589. The van der Waals surface area contributed by atoms with Crippen molar-refractivity contribution in [2.24, 2.45) is 5.41 Å². The van der Waals surface area contributed by atoms with Gasteiger partial charge in [0.2, 0.25) is 0 Å². The Hall–Kier alpha value is -1.14. The maximum Gasteiger partial charge on any atom is 0.416 e. The van der Waals surface area contributed by atoms with Crippen LogP contribution in [0.2, 0.25) is 0 Å². The minimum Gasteiger partial charge on any atom is -0.381 e. The van der Waals surface area contributed by atoms with Crippen LogP contribution in [0.25, 0.3) is 0 Å². The van der Waals surface area contributed by atoms with Crippen LogP contribution in [0.5, 0.6) is 0 Å². The van der Waals surface area contributed by atoms with Gasteiger partial charge in [0, 0.05) is 31.2 Å². The second-order valence-corrected chi connectivity index (χ2v) is 7.10. The van der Waals surface area contributed by atoms with Crippen molar-refractivity contribution < 1.29 is 22.3 Å². The minimum absolute atomic E-state index is 0.0745. The molecule has 2 nitrogen and oxygen atoms in total. The molecule has 0 N–H and O–H groups in total. The van der Waals surface area contributed by atoms with Crippen molar-refractivity contribution in [3.05, 3.63) is 35.1 Å². The molecule has 6 heteroatoms. The van der Waals surface area contributed by atoms with Gasteiger partial charge in [-0.2, -0.15) is 13.2 Å². The van der Waals surface area contributed by atoms with Crippen LogP contribution in [0, 0.1) is 11.2 Å². The Balaban J connectivity index is 1.76. The van der Waals surface area contributed by atoms with Crippen molar-refractivity contribution in [3.63, 3.8) is 0 Å². The molecule has 1 spiro atoms. The molecule has 1 heterocycles. The molecule has 0 amide bonds. The van der Waals surface area contributed by atoms with Gasteiger partial charge in [-0.25, -0.2) is 4.39 Å². The van der Waals surface area contributed by atoms with E-state index in [2.05, 4.69) is 4.90 Å². The topological polar surface area (TPSA) is 12.5 Å². The lowest BCUT2D eigenvalue weighted by Gasteiger charge is -2.43. The van der Waals surface area contributed by atoms with Crippen LogP contribution in [0.4, 0.5) is 17.6 Å².